The highest BCUT2D eigenvalue weighted by Crippen LogP contribution is 2.37. The molecule has 0 bridgehead atoms. The summed E-state index contributed by atoms with van der Waals surface area (Å²) in [6.07, 6.45) is -2.40. The fourth-order valence-corrected chi connectivity index (χ4v) is 5.36. The standard InChI is InChI=1S/C27H33F3N4O2S/c1-4-18(2)23-24(35)34(17-19-6-5-7-20(16-19)27(28,29)30)26(32-23)12-14-33(15-13-26)25(37)31-21-8-10-22(36-3)11-9-21/h5-11,16,18,23,32H,4,12-15,17H2,1-3H3,(H,31,37)/t18-,23+/m0/s1. The molecule has 2 fully saturated rings. The number of rotatable bonds is 6. The number of alkyl halides is 3. The molecule has 0 aromatic heterocycles. The fraction of sp³-hybridized carbons (Fsp3) is 0.481. The molecule has 6 nitrogen and oxygen atoms in total. The Bertz CT molecular complexity index is 1120. The van der Waals surface area contributed by atoms with Gasteiger partial charge in [0.15, 0.2) is 5.11 Å². The maximum atomic E-state index is 13.6. The zero-order valence-corrected chi connectivity index (χ0v) is 22.1. The van der Waals surface area contributed by atoms with Gasteiger partial charge in [0.25, 0.3) is 0 Å². The number of amides is 1. The average molecular weight is 535 g/mol. The molecule has 1 spiro atoms. The van der Waals surface area contributed by atoms with E-state index in [0.717, 1.165) is 30.0 Å². The Hall–Kier alpha value is -2.85. The lowest BCUT2D eigenvalue weighted by Crippen LogP contribution is -2.59. The first kappa shape index (κ1) is 27.2. The smallest absolute Gasteiger partial charge is 0.416 e. The van der Waals surface area contributed by atoms with Crippen LogP contribution in [0.1, 0.15) is 44.2 Å². The van der Waals surface area contributed by atoms with Crippen LogP contribution < -0.4 is 15.4 Å². The number of likely N-dealkylation sites (tertiary alicyclic amines) is 1. The van der Waals surface area contributed by atoms with E-state index < -0.39 is 17.4 Å². The predicted molar refractivity (Wildman–Crippen MR) is 141 cm³/mol. The lowest BCUT2D eigenvalue weighted by Gasteiger charge is -2.45. The number of methoxy groups -OCH3 is 1. The molecule has 0 saturated carbocycles. The number of thiocarbonyl (C=S) groups is 1. The molecular weight excluding hydrogens is 501 g/mol. The number of anilines is 1. The van der Waals surface area contributed by atoms with E-state index in [1.165, 1.54) is 6.07 Å². The van der Waals surface area contributed by atoms with Gasteiger partial charge >= 0.3 is 6.18 Å². The number of carbonyl (C=O) groups is 1. The largest absolute Gasteiger partial charge is 0.497 e. The molecule has 4 rings (SSSR count). The van der Waals surface area contributed by atoms with Crippen molar-refractivity contribution in [3.8, 4) is 5.75 Å². The van der Waals surface area contributed by atoms with Crippen molar-refractivity contribution >= 4 is 28.9 Å². The van der Waals surface area contributed by atoms with Gasteiger partial charge < -0.3 is 19.9 Å². The van der Waals surface area contributed by atoms with Gasteiger partial charge in [-0.25, -0.2) is 0 Å². The van der Waals surface area contributed by atoms with Gasteiger partial charge in [-0.3, -0.25) is 10.1 Å². The van der Waals surface area contributed by atoms with Crippen molar-refractivity contribution in [2.75, 3.05) is 25.5 Å². The molecule has 1 amide bonds. The minimum atomic E-state index is -4.43. The number of hydrogen-bond donors (Lipinski definition) is 2. The summed E-state index contributed by atoms with van der Waals surface area (Å²) in [6.45, 7) is 5.40. The highest BCUT2D eigenvalue weighted by Gasteiger charge is 2.52. The summed E-state index contributed by atoms with van der Waals surface area (Å²) in [6, 6.07) is 12.4. The number of piperidine rings is 1. The van der Waals surface area contributed by atoms with Crippen LogP contribution in [0.25, 0.3) is 0 Å². The molecule has 37 heavy (non-hydrogen) atoms. The van der Waals surface area contributed by atoms with Gasteiger partial charge in [-0.05, 0) is 60.1 Å². The van der Waals surface area contributed by atoms with Gasteiger partial charge in [-0.1, -0.05) is 32.4 Å². The second-order valence-electron chi connectivity index (χ2n) is 9.81. The summed E-state index contributed by atoms with van der Waals surface area (Å²) in [5, 5.41) is 7.44. The van der Waals surface area contributed by atoms with Crippen LogP contribution >= 0.6 is 12.2 Å². The van der Waals surface area contributed by atoms with E-state index in [4.69, 9.17) is 17.0 Å². The number of carbonyl (C=O) groups excluding carboxylic acids is 1. The monoisotopic (exact) mass is 534 g/mol. The lowest BCUT2D eigenvalue weighted by atomic mass is 9.95. The Morgan fingerprint density at radius 2 is 1.89 bits per heavy atom. The van der Waals surface area contributed by atoms with Crippen molar-refractivity contribution in [1.82, 2.24) is 15.1 Å². The Balaban J connectivity index is 1.50. The third-order valence-electron chi connectivity index (χ3n) is 7.50. The molecule has 2 N–H and O–H groups in total. The Morgan fingerprint density at radius 3 is 2.49 bits per heavy atom. The van der Waals surface area contributed by atoms with E-state index in [1.54, 1.807) is 18.1 Å². The highest BCUT2D eigenvalue weighted by atomic mass is 32.1. The first-order valence-corrected chi connectivity index (χ1v) is 12.9. The molecule has 2 aliphatic rings. The predicted octanol–water partition coefficient (Wildman–Crippen LogP) is 5.25. The quantitative estimate of drug-likeness (QED) is 0.494. The summed E-state index contributed by atoms with van der Waals surface area (Å²) in [7, 11) is 1.61. The minimum absolute atomic E-state index is 0.0563. The molecule has 2 aromatic rings. The number of hydrogen-bond acceptors (Lipinski definition) is 4. The van der Waals surface area contributed by atoms with Crippen molar-refractivity contribution in [2.24, 2.45) is 5.92 Å². The van der Waals surface area contributed by atoms with Crippen molar-refractivity contribution in [2.45, 2.75) is 57.5 Å². The molecule has 2 heterocycles. The highest BCUT2D eigenvalue weighted by molar-refractivity contribution is 7.80. The van der Waals surface area contributed by atoms with E-state index in [0.29, 0.717) is 36.6 Å². The second kappa shape index (κ2) is 10.9. The zero-order valence-electron chi connectivity index (χ0n) is 21.3. The van der Waals surface area contributed by atoms with Crippen LogP contribution in [0.5, 0.6) is 5.75 Å². The van der Waals surface area contributed by atoms with E-state index in [9.17, 15) is 18.0 Å². The van der Waals surface area contributed by atoms with Crippen molar-refractivity contribution in [1.29, 1.82) is 0 Å². The van der Waals surface area contributed by atoms with Crippen LogP contribution in [0, 0.1) is 5.92 Å². The molecule has 0 aliphatic carbocycles. The number of nitrogens with one attached hydrogen (secondary N) is 2. The van der Waals surface area contributed by atoms with Crippen LogP contribution in [-0.4, -0.2) is 52.7 Å². The fourth-order valence-electron chi connectivity index (χ4n) is 5.06. The van der Waals surface area contributed by atoms with Gasteiger partial charge in [0, 0.05) is 38.2 Å². The average Bonchev–Trinajstić information content (AvgIpc) is 3.15. The number of ether oxygens (including phenoxy) is 1. The normalized spacial score (nSPS) is 20.3. The summed E-state index contributed by atoms with van der Waals surface area (Å²) in [5.41, 5.74) is -0.0236. The van der Waals surface area contributed by atoms with Crippen LogP contribution in [0.15, 0.2) is 48.5 Å². The molecule has 2 aliphatic heterocycles. The Labute approximate surface area is 221 Å². The summed E-state index contributed by atoms with van der Waals surface area (Å²) >= 11 is 5.65. The van der Waals surface area contributed by atoms with E-state index >= 15 is 0 Å². The van der Waals surface area contributed by atoms with E-state index in [-0.39, 0.29) is 24.4 Å². The van der Waals surface area contributed by atoms with Gasteiger partial charge in [-0.2, -0.15) is 13.2 Å². The summed E-state index contributed by atoms with van der Waals surface area (Å²) in [5.74, 6) is 0.802. The molecule has 10 heteroatoms. The zero-order chi connectivity index (χ0) is 26.8. The van der Waals surface area contributed by atoms with Crippen molar-refractivity contribution < 1.29 is 22.7 Å². The minimum Gasteiger partial charge on any atom is -0.497 e. The van der Waals surface area contributed by atoms with Gasteiger partial charge in [0.05, 0.1) is 24.4 Å². The number of nitrogens with zero attached hydrogens (tertiary/aromatic N) is 2. The van der Waals surface area contributed by atoms with Crippen molar-refractivity contribution in [3.63, 3.8) is 0 Å². The van der Waals surface area contributed by atoms with Gasteiger partial charge in [0.1, 0.15) is 5.75 Å². The van der Waals surface area contributed by atoms with Crippen LogP contribution in [0.2, 0.25) is 0 Å². The Morgan fingerprint density at radius 1 is 1.22 bits per heavy atom. The molecule has 2 atom stereocenters. The molecule has 0 unspecified atom stereocenters. The molecule has 2 saturated heterocycles. The van der Waals surface area contributed by atoms with Gasteiger partial charge in [-0.15, -0.1) is 0 Å². The molecule has 2 aromatic carbocycles. The first-order valence-electron chi connectivity index (χ1n) is 12.5. The molecule has 200 valence electrons. The van der Waals surface area contributed by atoms with Crippen LogP contribution in [-0.2, 0) is 17.5 Å². The molecular formula is C27H33F3N4O2S. The number of benzene rings is 2. The third kappa shape index (κ3) is 5.85. The first-order chi connectivity index (χ1) is 17.6. The maximum Gasteiger partial charge on any atom is 0.416 e. The summed E-state index contributed by atoms with van der Waals surface area (Å²) in [4.78, 5) is 17.4. The van der Waals surface area contributed by atoms with Crippen molar-refractivity contribution in [3.05, 3.63) is 59.7 Å². The van der Waals surface area contributed by atoms with E-state index in [1.807, 2.05) is 38.1 Å². The maximum absolute atomic E-state index is 13.6. The topological polar surface area (TPSA) is 56.8 Å². The Kier molecular flexibility index (Phi) is 7.99. The lowest BCUT2D eigenvalue weighted by molar-refractivity contribution is -0.137. The third-order valence-corrected chi connectivity index (χ3v) is 7.86. The van der Waals surface area contributed by atoms with Crippen LogP contribution in [0.3, 0.4) is 0 Å². The SMILES string of the molecule is CC[C@H](C)[C@H]1NC2(CCN(C(=S)Nc3ccc(OC)cc3)CC2)N(Cc2cccc(C(F)(F)F)c2)C1=O. The summed E-state index contributed by atoms with van der Waals surface area (Å²) < 4.78 is 45.1. The van der Waals surface area contributed by atoms with E-state index in [2.05, 4.69) is 15.5 Å². The number of halogens is 3. The second-order valence-corrected chi connectivity index (χ2v) is 10.2. The van der Waals surface area contributed by atoms with Gasteiger partial charge in [0.2, 0.25) is 5.91 Å². The van der Waals surface area contributed by atoms with Crippen LogP contribution in [0.4, 0.5) is 18.9 Å². The molecule has 0 radical (unpaired) electrons.